The first-order valence-electron chi connectivity index (χ1n) is 7.87. The van der Waals surface area contributed by atoms with E-state index in [0.29, 0.717) is 35.6 Å². The first-order valence-corrected chi connectivity index (χ1v) is 8.24. The molecule has 0 aromatic carbocycles. The molecule has 9 heteroatoms. The number of anilines is 2. The second-order valence-corrected chi connectivity index (χ2v) is 6.02. The van der Waals surface area contributed by atoms with Crippen molar-refractivity contribution in [1.82, 2.24) is 19.9 Å². The fourth-order valence-corrected chi connectivity index (χ4v) is 2.81. The fraction of sp³-hybridized carbons (Fsp3) is 0.375. The zero-order valence-electron chi connectivity index (χ0n) is 14.0. The Bertz CT molecular complexity index is 755. The Labute approximate surface area is 150 Å². The number of hydrogen-bond acceptors (Lipinski definition) is 7. The van der Waals surface area contributed by atoms with E-state index in [2.05, 4.69) is 25.6 Å². The van der Waals surface area contributed by atoms with Gasteiger partial charge in [-0.05, 0) is 18.6 Å². The number of rotatable bonds is 5. The molecular weight excluding hydrogens is 344 g/mol. The Kier molecular flexibility index (Phi) is 5.18. The molecule has 1 aliphatic heterocycles. The van der Waals surface area contributed by atoms with E-state index in [1.807, 2.05) is 13.1 Å². The molecule has 0 unspecified atom stereocenters. The second kappa shape index (κ2) is 7.52. The smallest absolute Gasteiger partial charge is 0.272 e. The largest absolute Gasteiger partial charge is 0.480 e. The SMILES string of the molecule is CNc1ccc(C(=O)N2CC[C@@H](Nc3ncc(Cl)c(OC)n3)C2)nc1. The van der Waals surface area contributed by atoms with Gasteiger partial charge < -0.3 is 20.3 Å². The lowest BCUT2D eigenvalue weighted by molar-refractivity contribution is 0.0786. The predicted molar refractivity (Wildman–Crippen MR) is 95.3 cm³/mol. The highest BCUT2D eigenvalue weighted by molar-refractivity contribution is 6.31. The summed E-state index contributed by atoms with van der Waals surface area (Å²) in [7, 11) is 3.31. The summed E-state index contributed by atoms with van der Waals surface area (Å²) < 4.78 is 5.09. The van der Waals surface area contributed by atoms with Crippen LogP contribution >= 0.6 is 11.6 Å². The van der Waals surface area contributed by atoms with E-state index in [4.69, 9.17) is 16.3 Å². The Morgan fingerprint density at radius 1 is 1.36 bits per heavy atom. The summed E-state index contributed by atoms with van der Waals surface area (Å²) in [5.74, 6) is 0.664. The van der Waals surface area contributed by atoms with Crippen LogP contribution in [-0.4, -0.2) is 59.0 Å². The average Bonchev–Trinajstić information content (AvgIpc) is 3.11. The van der Waals surface area contributed by atoms with Crippen LogP contribution in [0.25, 0.3) is 0 Å². The minimum atomic E-state index is -0.0819. The molecule has 1 aliphatic rings. The molecule has 3 heterocycles. The zero-order chi connectivity index (χ0) is 17.8. The second-order valence-electron chi connectivity index (χ2n) is 5.61. The van der Waals surface area contributed by atoms with Gasteiger partial charge in [-0.25, -0.2) is 9.97 Å². The molecule has 1 saturated heterocycles. The minimum absolute atomic E-state index is 0.0615. The molecule has 0 saturated carbocycles. The molecule has 1 atom stereocenters. The number of carbonyl (C=O) groups is 1. The molecular formula is C16H19ClN6O2. The van der Waals surface area contributed by atoms with E-state index in [0.717, 1.165) is 12.1 Å². The van der Waals surface area contributed by atoms with Crippen LogP contribution in [0.15, 0.2) is 24.5 Å². The van der Waals surface area contributed by atoms with Crippen LogP contribution in [-0.2, 0) is 0 Å². The summed E-state index contributed by atoms with van der Waals surface area (Å²) in [6, 6.07) is 3.62. The Morgan fingerprint density at radius 2 is 2.20 bits per heavy atom. The number of carbonyl (C=O) groups excluding carboxylic acids is 1. The van der Waals surface area contributed by atoms with Crippen molar-refractivity contribution in [3.05, 3.63) is 35.2 Å². The van der Waals surface area contributed by atoms with Crippen molar-refractivity contribution < 1.29 is 9.53 Å². The molecule has 1 amide bonds. The standard InChI is InChI=1S/C16H19ClN6O2/c1-18-10-3-4-13(19-7-10)15(24)23-6-5-11(9-23)21-16-20-8-12(17)14(22-16)25-2/h3-4,7-8,11,18H,5-6,9H2,1-2H3,(H,20,21,22)/t11-/m1/s1. The lowest BCUT2D eigenvalue weighted by Crippen LogP contribution is -2.32. The predicted octanol–water partition coefficient (Wildman–Crippen LogP) is 1.90. The van der Waals surface area contributed by atoms with Gasteiger partial charge in [0.15, 0.2) is 0 Å². The Balaban J connectivity index is 1.62. The third-order valence-electron chi connectivity index (χ3n) is 3.99. The normalized spacial score (nSPS) is 16.6. The number of hydrogen-bond donors (Lipinski definition) is 2. The molecule has 2 aromatic rings. The van der Waals surface area contributed by atoms with Gasteiger partial charge in [0.25, 0.3) is 5.91 Å². The van der Waals surface area contributed by atoms with Crippen LogP contribution < -0.4 is 15.4 Å². The van der Waals surface area contributed by atoms with E-state index >= 15 is 0 Å². The molecule has 2 N–H and O–H groups in total. The summed E-state index contributed by atoms with van der Waals surface area (Å²) in [5.41, 5.74) is 1.30. The number of nitrogens with zero attached hydrogens (tertiary/aromatic N) is 4. The number of likely N-dealkylation sites (tertiary alicyclic amines) is 1. The van der Waals surface area contributed by atoms with Crippen molar-refractivity contribution in [2.75, 3.05) is 37.9 Å². The third kappa shape index (κ3) is 3.90. The first-order chi connectivity index (χ1) is 12.1. The number of pyridine rings is 1. The first kappa shape index (κ1) is 17.2. The molecule has 25 heavy (non-hydrogen) atoms. The van der Waals surface area contributed by atoms with Crippen molar-refractivity contribution in [2.24, 2.45) is 0 Å². The summed E-state index contributed by atoms with van der Waals surface area (Å²) in [4.78, 5) is 26.9. The zero-order valence-corrected chi connectivity index (χ0v) is 14.7. The van der Waals surface area contributed by atoms with Gasteiger partial charge >= 0.3 is 0 Å². The van der Waals surface area contributed by atoms with Crippen LogP contribution in [0.5, 0.6) is 5.88 Å². The van der Waals surface area contributed by atoms with Crippen molar-refractivity contribution in [3.8, 4) is 5.88 Å². The molecule has 0 spiro atoms. The average molecular weight is 363 g/mol. The van der Waals surface area contributed by atoms with Crippen molar-refractivity contribution in [1.29, 1.82) is 0 Å². The van der Waals surface area contributed by atoms with E-state index in [1.54, 1.807) is 17.2 Å². The fourth-order valence-electron chi connectivity index (χ4n) is 2.64. The molecule has 132 valence electrons. The number of aromatic nitrogens is 3. The van der Waals surface area contributed by atoms with Gasteiger partial charge in [0.05, 0.1) is 25.2 Å². The highest BCUT2D eigenvalue weighted by Crippen LogP contribution is 2.22. The van der Waals surface area contributed by atoms with E-state index < -0.39 is 0 Å². The van der Waals surface area contributed by atoms with Crippen molar-refractivity contribution in [2.45, 2.75) is 12.5 Å². The molecule has 0 bridgehead atoms. The maximum atomic E-state index is 12.5. The van der Waals surface area contributed by atoms with Gasteiger partial charge in [-0.1, -0.05) is 11.6 Å². The highest BCUT2D eigenvalue weighted by Gasteiger charge is 2.28. The van der Waals surface area contributed by atoms with Crippen LogP contribution in [0.3, 0.4) is 0 Å². The molecule has 0 radical (unpaired) electrons. The third-order valence-corrected chi connectivity index (χ3v) is 4.24. The summed E-state index contributed by atoms with van der Waals surface area (Å²) >= 11 is 5.93. The van der Waals surface area contributed by atoms with Crippen molar-refractivity contribution in [3.63, 3.8) is 0 Å². The van der Waals surface area contributed by atoms with Crippen LogP contribution in [0.1, 0.15) is 16.9 Å². The monoisotopic (exact) mass is 362 g/mol. The molecule has 3 rings (SSSR count). The summed E-state index contributed by atoms with van der Waals surface area (Å²) in [6.45, 7) is 1.21. The topological polar surface area (TPSA) is 92.3 Å². The lowest BCUT2D eigenvalue weighted by atomic mass is 10.3. The van der Waals surface area contributed by atoms with Gasteiger partial charge in [0.1, 0.15) is 10.7 Å². The summed E-state index contributed by atoms with van der Waals surface area (Å²) in [5, 5.41) is 6.55. The molecule has 8 nitrogen and oxygen atoms in total. The van der Waals surface area contributed by atoms with E-state index in [9.17, 15) is 4.79 Å². The van der Waals surface area contributed by atoms with E-state index in [1.165, 1.54) is 13.3 Å². The van der Waals surface area contributed by atoms with Gasteiger partial charge in [0, 0.05) is 26.2 Å². The van der Waals surface area contributed by atoms with E-state index in [-0.39, 0.29) is 11.9 Å². The van der Waals surface area contributed by atoms with Crippen molar-refractivity contribution >= 4 is 29.1 Å². The minimum Gasteiger partial charge on any atom is -0.480 e. The molecule has 0 aliphatic carbocycles. The number of ether oxygens (including phenoxy) is 1. The van der Waals surface area contributed by atoms with Gasteiger partial charge in [-0.2, -0.15) is 4.98 Å². The quantitative estimate of drug-likeness (QED) is 0.839. The van der Waals surface area contributed by atoms with Crippen LogP contribution in [0, 0.1) is 0 Å². The number of amides is 1. The van der Waals surface area contributed by atoms with Gasteiger partial charge in [-0.15, -0.1) is 0 Å². The number of nitrogens with one attached hydrogen (secondary N) is 2. The highest BCUT2D eigenvalue weighted by atomic mass is 35.5. The number of methoxy groups -OCH3 is 1. The van der Waals surface area contributed by atoms with Crippen LogP contribution in [0.4, 0.5) is 11.6 Å². The lowest BCUT2D eigenvalue weighted by Gasteiger charge is -2.17. The Morgan fingerprint density at radius 3 is 2.88 bits per heavy atom. The summed E-state index contributed by atoms with van der Waals surface area (Å²) in [6.07, 6.45) is 3.93. The van der Waals surface area contributed by atoms with Gasteiger partial charge in [-0.3, -0.25) is 4.79 Å². The molecule has 1 fully saturated rings. The maximum absolute atomic E-state index is 12.5. The Hall–Kier alpha value is -2.61. The maximum Gasteiger partial charge on any atom is 0.272 e. The van der Waals surface area contributed by atoms with Gasteiger partial charge in [0.2, 0.25) is 11.8 Å². The molecule has 2 aromatic heterocycles. The number of halogens is 1. The van der Waals surface area contributed by atoms with Crippen LogP contribution in [0.2, 0.25) is 5.02 Å².